The zero-order valence-corrected chi connectivity index (χ0v) is 17.8. The molecular weight excluding hydrogens is 412 g/mol. The average molecular weight is 438 g/mol. The number of hydrogen-bond donors (Lipinski definition) is 0. The van der Waals surface area contributed by atoms with Gasteiger partial charge in [0.15, 0.2) is 0 Å². The Labute approximate surface area is 170 Å². The van der Waals surface area contributed by atoms with E-state index in [1.54, 1.807) is 7.11 Å². The molecule has 1 fully saturated rings. The van der Waals surface area contributed by atoms with Crippen LogP contribution in [0.5, 0.6) is 5.75 Å². The van der Waals surface area contributed by atoms with Crippen LogP contribution in [0, 0.1) is 0 Å². The Bertz CT molecular complexity index is 745. The van der Waals surface area contributed by atoms with E-state index in [9.17, 15) is 0 Å². The van der Waals surface area contributed by atoms with Crippen LogP contribution >= 0.6 is 27.5 Å². The fourth-order valence-electron chi connectivity index (χ4n) is 3.48. The first kappa shape index (κ1) is 19.7. The SMILES string of the molecule is COc1ccc(Br)cc1CCc1c(Cl)cccc1CN1CCN(C)CC1. The number of ether oxygens (including phenoxy) is 1. The van der Waals surface area contributed by atoms with E-state index in [2.05, 4.69) is 51.0 Å². The lowest BCUT2D eigenvalue weighted by molar-refractivity contribution is 0.148. The lowest BCUT2D eigenvalue weighted by Crippen LogP contribution is -2.44. The number of likely N-dealkylation sites (N-methyl/N-ethyl adjacent to an activating group) is 1. The minimum Gasteiger partial charge on any atom is -0.496 e. The summed E-state index contributed by atoms with van der Waals surface area (Å²) < 4.78 is 6.59. The van der Waals surface area contributed by atoms with Gasteiger partial charge in [0, 0.05) is 42.2 Å². The Kier molecular flexibility index (Phi) is 6.98. The van der Waals surface area contributed by atoms with Gasteiger partial charge in [0.05, 0.1) is 7.11 Å². The molecule has 2 aromatic carbocycles. The van der Waals surface area contributed by atoms with E-state index in [1.165, 1.54) is 16.7 Å². The van der Waals surface area contributed by atoms with E-state index >= 15 is 0 Å². The van der Waals surface area contributed by atoms with Crippen LogP contribution in [0.1, 0.15) is 16.7 Å². The second-order valence-electron chi connectivity index (χ2n) is 6.91. The summed E-state index contributed by atoms with van der Waals surface area (Å²) in [4.78, 5) is 4.91. The fraction of sp³-hybridized carbons (Fsp3) is 0.429. The summed E-state index contributed by atoms with van der Waals surface area (Å²) in [5, 5.41) is 0.866. The van der Waals surface area contributed by atoms with Crippen molar-refractivity contribution in [1.29, 1.82) is 0 Å². The van der Waals surface area contributed by atoms with Crippen LogP contribution in [0.15, 0.2) is 40.9 Å². The minimum absolute atomic E-state index is 0.866. The largest absolute Gasteiger partial charge is 0.496 e. The van der Waals surface area contributed by atoms with E-state index in [-0.39, 0.29) is 0 Å². The van der Waals surface area contributed by atoms with Crippen molar-refractivity contribution in [2.24, 2.45) is 0 Å². The van der Waals surface area contributed by atoms with Crippen LogP contribution in [0.25, 0.3) is 0 Å². The molecule has 1 saturated heterocycles. The Morgan fingerprint density at radius 2 is 1.81 bits per heavy atom. The average Bonchev–Trinajstić information content (AvgIpc) is 2.63. The number of hydrogen-bond acceptors (Lipinski definition) is 3. The van der Waals surface area contributed by atoms with Crippen LogP contribution in [0.3, 0.4) is 0 Å². The van der Waals surface area contributed by atoms with Crippen molar-refractivity contribution < 1.29 is 4.74 Å². The third kappa shape index (κ3) is 5.01. The molecule has 0 atom stereocenters. The number of nitrogens with zero attached hydrogens (tertiary/aromatic N) is 2. The number of benzene rings is 2. The van der Waals surface area contributed by atoms with Gasteiger partial charge in [-0.3, -0.25) is 4.90 Å². The van der Waals surface area contributed by atoms with Crippen LogP contribution < -0.4 is 4.74 Å². The summed E-state index contributed by atoms with van der Waals surface area (Å²) in [7, 11) is 3.91. The molecule has 26 heavy (non-hydrogen) atoms. The molecule has 5 heteroatoms. The molecule has 0 N–H and O–H groups in total. The molecule has 2 aromatic rings. The second-order valence-corrected chi connectivity index (χ2v) is 8.24. The standard InChI is InChI=1S/C21H26BrClN2O/c1-24-10-12-25(13-11-24)15-17-4-3-5-20(23)19(17)8-6-16-14-18(22)7-9-21(16)26-2/h3-5,7,9,14H,6,8,10-13,15H2,1-2H3. The third-order valence-corrected chi connectivity index (χ3v) is 5.94. The number of methoxy groups -OCH3 is 1. The Morgan fingerprint density at radius 3 is 2.54 bits per heavy atom. The van der Waals surface area contributed by atoms with Crippen molar-refractivity contribution in [1.82, 2.24) is 9.80 Å². The number of piperazine rings is 1. The van der Waals surface area contributed by atoms with Crippen molar-refractivity contribution in [2.75, 3.05) is 40.3 Å². The summed E-state index contributed by atoms with van der Waals surface area (Å²) in [6.45, 7) is 5.46. The lowest BCUT2D eigenvalue weighted by atomic mass is 9.98. The molecule has 1 aliphatic rings. The smallest absolute Gasteiger partial charge is 0.122 e. The van der Waals surface area contributed by atoms with Gasteiger partial charge in [-0.05, 0) is 60.8 Å². The van der Waals surface area contributed by atoms with E-state index in [1.807, 2.05) is 18.2 Å². The van der Waals surface area contributed by atoms with Gasteiger partial charge in [0.2, 0.25) is 0 Å². The van der Waals surface area contributed by atoms with Gasteiger partial charge in [-0.25, -0.2) is 0 Å². The first-order chi connectivity index (χ1) is 12.6. The maximum absolute atomic E-state index is 6.57. The molecule has 3 nitrogen and oxygen atoms in total. The maximum Gasteiger partial charge on any atom is 0.122 e. The topological polar surface area (TPSA) is 15.7 Å². The molecular formula is C21H26BrClN2O. The molecule has 140 valence electrons. The highest BCUT2D eigenvalue weighted by atomic mass is 79.9. The molecule has 1 heterocycles. The summed E-state index contributed by atoms with van der Waals surface area (Å²) in [5.74, 6) is 0.931. The van der Waals surface area contributed by atoms with Gasteiger partial charge >= 0.3 is 0 Å². The van der Waals surface area contributed by atoms with E-state index < -0.39 is 0 Å². The van der Waals surface area contributed by atoms with Crippen molar-refractivity contribution in [3.05, 3.63) is 62.6 Å². The van der Waals surface area contributed by atoms with Crippen molar-refractivity contribution in [3.63, 3.8) is 0 Å². The summed E-state index contributed by atoms with van der Waals surface area (Å²) in [6.07, 6.45) is 1.82. The molecule has 0 bridgehead atoms. The van der Waals surface area contributed by atoms with Gasteiger partial charge < -0.3 is 9.64 Å². The molecule has 0 spiro atoms. The Balaban J connectivity index is 1.74. The molecule has 0 unspecified atom stereocenters. The third-order valence-electron chi connectivity index (χ3n) is 5.09. The molecule has 0 amide bonds. The molecule has 3 rings (SSSR count). The van der Waals surface area contributed by atoms with Crippen molar-refractivity contribution in [3.8, 4) is 5.75 Å². The van der Waals surface area contributed by atoms with Crippen molar-refractivity contribution >= 4 is 27.5 Å². The van der Waals surface area contributed by atoms with Crippen LogP contribution in [0.4, 0.5) is 0 Å². The first-order valence-electron chi connectivity index (χ1n) is 9.06. The highest BCUT2D eigenvalue weighted by Crippen LogP contribution is 2.28. The van der Waals surface area contributed by atoms with Crippen LogP contribution in [-0.2, 0) is 19.4 Å². The predicted molar refractivity (Wildman–Crippen MR) is 112 cm³/mol. The van der Waals surface area contributed by atoms with Gasteiger partial charge in [-0.2, -0.15) is 0 Å². The predicted octanol–water partition coefficient (Wildman–Crippen LogP) is 4.64. The van der Waals surface area contributed by atoms with Gasteiger partial charge in [-0.1, -0.05) is 39.7 Å². The quantitative estimate of drug-likeness (QED) is 0.654. The van der Waals surface area contributed by atoms with Crippen LogP contribution in [0.2, 0.25) is 5.02 Å². The maximum atomic E-state index is 6.57. The highest BCUT2D eigenvalue weighted by Gasteiger charge is 2.16. The first-order valence-corrected chi connectivity index (χ1v) is 10.2. The van der Waals surface area contributed by atoms with E-state index in [0.717, 1.165) is 60.8 Å². The Morgan fingerprint density at radius 1 is 1.04 bits per heavy atom. The summed E-state index contributed by atoms with van der Waals surface area (Å²) in [6, 6.07) is 12.4. The highest BCUT2D eigenvalue weighted by molar-refractivity contribution is 9.10. The summed E-state index contributed by atoms with van der Waals surface area (Å²) >= 11 is 10.1. The monoisotopic (exact) mass is 436 g/mol. The van der Waals surface area contributed by atoms with Crippen molar-refractivity contribution in [2.45, 2.75) is 19.4 Å². The number of halogens is 2. The van der Waals surface area contributed by atoms with Gasteiger partial charge in [-0.15, -0.1) is 0 Å². The number of rotatable bonds is 6. The minimum atomic E-state index is 0.866. The fourth-order valence-corrected chi connectivity index (χ4v) is 4.18. The molecule has 0 aliphatic carbocycles. The second kappa shape index (κ2) is 9.23. The molecule has 0 radical (unpaired) electrons. The Hall–Kier alpha value is -1.07. The zero-order valence-electron chi connectivity index (χ0n) is 15.5. The normalized spacial score (nSPS) is 16.0. The summed E-state index contributed by atoms with van der Waals surface area (Å²) in [5.41, 5.74) is 3.80. The van der Waals surface area contributed by atoms with E-state index in [4.69, 9.17) is 16.3 Å². The molecule has 0 aromatic heterocycles. The molecule has 1 aliphatic heterocycles. The lowest BCUT2D eigenvalue weighted by Gasteiger charge is -2.32. The van der Waals surface area contributed by atoms with Gasteiger partial charge in [0.1, 0.15) is 5.75 Å². The van der Waals surface area contributed by atoms with Crippen LogP contribution in [-0.4, -0.2) is 50.1 Å². The number of aryl methyl sites for hydroxylation is 1. The van der Waals surface area contributed by atoms with E-state index in [0.29, 0.717) is 0 Å². The molecule has 0 saturated carbocycles. The zero-order chi connectivity index (χ0) is 18.5. The van der Waals surface area contributed by atoms with Gasteiger partial charge in [0.25, 0.3) is 0 Å².